The van der Waals surface area contributed by atoms with E-state index in [0.29, 0.717) is 6.42 Å². The molecule has 1 radical (unpaired) electrons. The van der Waals surface area contributed by atoms with E-state index in [4.69, 9.17) is 0 Å². The van der Waals surface area contributed by atoms with Crippen LogP contribution in [-0.4, -0.2) is 25.1 Å². The van der Waals surface area contributed by atoms with Crippen molar-refractivity contribution in [1.29, 1.82) is 0 Å². The number of ether oxygens (including phenoxy) is 1. The lowest BCUT2D eigenvalue weighted by atomic mass is 10.1. The van der Waals surface area contributed by atoms with Crippen LogP contribution in [0.4, 0.5) is 17.6 Å². The fourth-order valence-electron chi connectivity index (χ4n) is 1.47. The summed E-state index contributed by atoms with van der Waals surface area (Å²) >= 11 is 0. The molecule has 0 aromatic carbocycles. The number of unbranched alkanes of at least 4 members (excludes halogenated alkanes) is 6. The van der Waals surface area contributed by atoms with Gasteiger partial charge in [-0.1, -0.05) is 45.4 Å². The lowest BCUT2D eigenvalue weighted by molar-refractivity contribution is -0.209. The molecule has 0 N–H and O–H groups in total. The minimum absolute atomic E-state index is 0.0967. The van der Waals surface area contributed by atoms with Crippen LogP contribution in [0.3, 0.4) is 0 Å². The molecule has 5 heteroatoms. The summed E-state index contributed by atoms with van der Waals surface area (Å²) in [5.74, 6) is -8.46. The second-order valence-electron chi connectivity index (χ2n) is 4.58. The fourth-order valence-corrected chi connectivity index (χ4v) is 1.47. The van der Waals surface area contributed by atoms with Gasteiger partial charge in [0.1, 0.15) is 6.61 Å². The minimum Gasteiger partial charge on any atom is -0.375 e. The molecule has 0 aromatic heterocycles. The van der Waals surface area contributed by atoms with Crippen molar-refractivity contribution in [2.75, 3.05) is 13.2 Å². The first kappa shape index (κ1) is 17.7. The van der Waals surface area contributed by atoms with Gasteiger partial charge in [0.05, 0.1) is 0 Å². The first-order chi connectivity index (χ1) is 8.31. The molecule has 18 heavy (non-hydrogen) atoms. The molecule has 0 aliphatic carbocycles. The lowest BCUT2D eigenvalue weighted by Gasteiger charge is -2.22. The van der Waals surface area contributed by atoms with Crippen molar-refractivity contribution in [1.82, 2.24) is 0 Å². The van der Waals surface area contributed by atoms with Gasteiger partial charge in [-0.25, -0.2) is 0 Å². The third-order valence-electron chi connectivity index (χ3n) is 2.71. The van der Waals surface area contributed by atoms with E-state index in [1.807, 2.05) is 0 Å². The SMILES string of the molecule is [CH2]C(F)(F)C(F)(F)COCCCCCCCCC. The van der Waals surface area contributed by atoms with Crippen molar-refractivity contribution >= 4 is 0 Å². The molecule has 0 fully saturated rings. The van der Waals surface area contributed by atoms with E-state index >= 15 is 0 Å². The predicted octanol–water partition coefficient (Wildman–Crippen LogP) is 4.86. The van der Waals surface area contributed by atoms with Gasteiger partial charge in [-0.15, -0.1) is 0 Å². The predicted molar refractivity (Wildman–Crippen MR) is 64.1 cm³/mol. The number of rotatable bonds is 11. The highest BCUT2D eigenvalue weighted by molar-refractivity contribution is 4.86. The maximum atomic E-state index is 12.7. The van der Waals surface area contributed by atoms with Crippen LogP contribution in [-0.2, 0) is 4.74 Å². The Bertz CT molecular complexity index is 202. The Balaban J connectivity index is 3.41. The van der Waals surface area contributed by atoms with Crippen LogP contribution in [0, 0.1) is 6.92 Å². The lowest BCUT2D eigenvalue weighted by Crippen LogP contribution is -2.42. The van der Waals surface area contributed by atoms with E-state index in [1.54, 1.807) is 0 Å². The van der Waals surface area contributed by atoms with Crippen LogP contribution in [0.25, 0.3) is 0 Å². The second kappa shape index (κ2) is 8.73. The van der Waals surface area contributed by atoms with Gasteiger partial charge < -0.3 is 4.74 Å². The molecule has 0 rings (SSSR count). The molecule has 0 heterocycles. The summed E-state index contributed by atoms with van der Waals surface area (Å²) in [6, 6.07) is 0. The van der Waals surface area contributed by atoms with Crippen molar-refractivity contribution in [2.45, 2.75) is 63.7 Å². The second-order valence-corrected chi connectivity index (χ2v) is 4.58. The Hall–Kier alpha value is -0.320. The monoisotopic (exact) mass is 271 g/mol. The Morgan fingerprint density at radius 1 is 0.889 bits per heavy atom. The van der Waals surface area contributed by atoms with Crippen LogP contribution in [0.2, 0.25) is 0 Å². The molecule has 0 aromatic rings. The Morgan fingerprint density at radius 3 is 1.89 bits per heavy atom. The number of alkyl halides is 4. The van der Waals surface area contributed by atoms with Crippen molar-refractivity contribution in [3.63, 3.8) is 0 Å². The maximum Gasteiger partial charge on any atom is 0.332 e. The Morgan fingerprint density at radius 2 is 1.39 bits per heavy atom. The smallest absolute Gasteiger partial charge is 0.332 e. The third kappa shape index (κ3) is 7.90. The van der Waals surface area contributed by atoms with E-state index in [2.05, 4.69) is 18.6 Å². The summed E-state index contributed by atoms with van der Waals surface area (Å²) in [5, 5.41) is 0. The van der Waals surface area contributed by atoms with Crippen LogP contribution in [0.15, 0.2) is 0 Å². The summed E-state index contributed by atoms with van der Waals surface area (Å²) in [6.45, 7) is 3.10. The molecule has 0 atom stereocenters. The van der Waals surface area contributed by atoms with Crippen molar-refractivity contribution in [3.8, 4) is 0 Å². The van der Waals surface area contributed by atoms with Crippen LogP contribution < -0.4 is 0 Å². The van der Waals surface area contributed by atoms with Gasteiger partial charge in [0, 0.05) is 13.5 Å². The summed E-state index contributed by atoms with van der Waals surface area (Å²) in [7, 11) is 0. The zero-order valence-corrected chi connectivity index (χ0v) is 11.0. The van der Waals surface area contributed by atoms with Gasteiger partial charge >= 0.3 is 11.8 Å². The molecular formula is C13H23F4O. The van der Waals surface area contributed by atoms with E-state index < -0.39 is 18.5 Å². The summed E-state index contributed by atoms with van der Waals surface area (Å²) in [5.41, 5.74) is 0. The largest absolute Gasteiger partial charge is 0.375 e. The zero-order valence-electron chi connectivity index (χ0n) is 11.0. The molecule has 109 valence electrons. The van der Waals surface area contributed by atoms with Gasteiger partial charge in [-0.2, -0.15) is 17.6 Å². The molecule has 0 amide bonds. The van der Waals surface area contributed by atoms with Crippen LogP contribution >= 0.6 is 0 Å². The quantitative estimate of drug-likeness (QED) is 0.385. The van der Waals surface area contributed by atoms with E-state index in [0.717, 1.165) is 19.3 Å². The van der Waals surface area contributed by atoms with Crippen molar-refractivity contribution < 1.29 is 22.3 Å². The maximum absolute atomic E-state index is 12.7. The topological polar surface area (TPSA) is 9.23 Å². The van der Waals surface area contributed by atoms with Crippen molar-refractivity contribution in [2.24, 2.45) is 0 Å². The molecular weight excluding hydrogens is 248 g/mol. The standard InChI is InChI=1S/C13H23F4O/c1-3-4-5-6-7-8-9-10-18-11-13(16,17)12(2,14)15/h2-11H2,1H3. The highest BCUT2D eigenvalue weighted by Crippen LogP contribution is 2.33. The highest BCUT2D eigenvalue weighted by atomic mass is 19.3. The average molecular weight is 271 g/mol. The first-order valence-electron chi connectivity index (χ1n) is 6.50. The molecule has 0 aliphatic rings. The minimum atomic E-state index is -4.27. The molecule has 0 unspecified atom stereocenters. The Kier molecular flexibility index (Phi) is 8.57. The van der Waals surface area contributed by atoms with Gasteiger partial charge in [-0.05, 0) is 6.42 Å². The number of hydrogen-bond acceptors (Lipinski definition) is 1. The van der Waals surface area contributed by atoms with Crippen LogP contribution in [0.5, 0.6) is 0 Å². The van der Waals surface area contributed by atoms with Gasteiger partial charge in [-0.3, -0.25) is 0 Å². The average Bonchev–Trinajstić information content (AvgIpc) is 2.25. The molecule has 0 saturated carbocycles. The molecule has 0 aliphatic heterocycles. The van der Waals surface area contributed by atoms with Gasteiger partial charge in [0.2, 0.25) is 0 Å². The normalized spacial score (nSPS) is 13.0. The fraction of sp³-hybridized carbons (Fsp3) is 0.923. The number of hydrogen-bond donors (Lipinski definition) is 0. The van der Waals surface area contributed by atoms with Crippen LogP contribution in [0.1, 0.15) is 51.9 Å². The summed E-state index contributed by atoms with van der Waals surface area (Å²) in [6.07, 6.45) is 7.25. The third-order valence-corrected chi connectivity index (χ3v) is 2.71. The van der Waals surface area contributed by atoms with E-state index in [-0.39, 0.29) is 6.61 Å². The van der Waals surface area contributed by atoms with Gasteiger partial charge in [0.15, 0.2) is 0 Å². The number of halogens is 4. The van der Waals surface area contributed by atoms with Crippen molar-refractivity contribution in [3.05, 3.63) is 6.92 Å². The first-order valence-corrected chi connectivity index (χ1v) is 6.50. The summed E-state index contributed by atoms with van der Waals surface area (Å²) < 4.78 is 54.6. The molecule has 0 spiro atoms. The molecule has 0 bridgehead atoms. The highest BCUT2D eigenvalue weighted by Gasteiger charge is 2.52. The molecule has 0 saturated heterocycles. The Labute approximate surface area is 107 Å². The molecule has 1 nitrogen and oxygen atoms in total. The summed E-state index contributed by atoms with van der Waals surface area (Å²) in [4.78, 5) is 0. The van der Waals surface area contributed by atoms with E-state index in [9.17, 15) is 17.6 Å². The van der Waals surface area contributed by atoms with Gasteiger partial charge in [0.25, 0.3) is 0 Å². The van der Waals surface area contributed by atoms with E-state index in [1.165, 1.54) is 19.3 Å². The zero-order chi connectivity index (χ0) is 14.1.